The average Bonchev–Trinajstić information content (AvgIpc) is 2.35. The first-order chi connectivity index (χ1) is 7.71. The Balaban J connectivity index is 2.56. The molecule has 0 saturated carbocycles. The molecule has 2 rings (SSSR count). The van der Waals surface area contributed by atoms with Crippen molar-refractivity contribution in [2.24, 2.45) is 0 Å². The zero-order valence-corrected chi connectivity index (χ0v) is 11.2. The second-order valence-corrected chi connectivity index (χ2v) is 7.50. The van der Waals surface area contributed by atoms with Crippen LogP contribution in [-0.2, 0) is 16.3 Å². The lowest BCUT2D eigenvalue weighted by molar-refractivity contribution is 0.0806. The van der Waals surface area contributed by atoms with Crippen LogP contribution >= 0.6 is 0 Å². The molecule has 0 fully saturated rings. The minimum absolute atomic E-state index is 0.0218. The first-order valence-corrected chi connectivity index (χ1v) is 7.43. The molecule has 3 nitrogen and oxygen atoms in total. The van der Waals surface area contributed by atoms with E-state index < -0.39 is 15.4 Å². The maximum atomic E-state index is 11.9. The van der Waals surface area contributed by atoms with Crippen LogP contribution in [0.5, 0.6) is 0 Å². The predicted molar refractivity (Wildman–Crippen MR) is 66.9 cm³/mol. The molecule has 4 heteroatoms. The van der Waals surface area contributed by atoms with E-state index in [-0.39, 0.29) is 11.7 Å². The molecular formula is C13H18O3S. The van der Waals surface area contributed by atoms with Crippen molar-refractivity contribution in [3.63, 3.8) is 0 Å². The van der Waals surface area contributed by atoms with Gasteiger partial charge in [-0.2, -0.15) is 0 Å². The number of aliphatic hydroxyl groups is 1. The Bertz CT molecular complexity index is 538. The summed E-state index contributed by atoms with van der Waals surface area (Å²) in [6, 6.07) is 5.34. The zero-order chi connectivity index (χ0) is 12.8. The van der Waals surface area contributed by atoms with E-state index in [1.807, 2.05) is 13.0 Å². The van der Waals surface area contributed by atoms with Crippen molar-refractivity contribution in [2.45, 2.75) is 43.6 Å². The lowest BCUT2D eigenvalue weighted by atomic mass is 9.90. The van der Waals surface area contributed by atoms with Gasteiger partial charge in [0.05, 0.1) is 16.2 Å². The molecular weight excluding hydrogens is 236 g/mol. The summed E-state index contributed by atoms with van der Waals surface area (Å²) in [6.07, 6.45) is 0.482. The Morgan fingerprint density at radius 2 is 2.06 bits per heavy atom. The van der Waals surface area contributed by atoms with Crippen molar-refractivity contribution in [1.29, 1.82) is 0 Å². The topological polar surface area (TPSA) is 54.4 Å². The molecule has 1 atom stereocenters. The summed E-state index contributed by atoms with van der Waals surface area (Å²) < 4.78 is 23.8. The monoisotopic (exact) mass is 254 g/mol. The largest absolute Gasteiger partial charge is 0.390 e. The maximum absolute atomic E-state index is 11.9. The molecule has 1 aromatic carbocycles. The van der Waals surface area contributed by atoms with Crippen molar-refractivity contribution in [2.75, 3.05) is 5.75 Å². The van der Waals surface area contributed by atoms with Gasteiger partial charge in [0.15, 0.2) is 9.84 Å². The third-order valence-corrected chi connectivity index (χ3v) is 5.04. The van der Waals surface area contributed by atoms with Crippen molar-refractivity contribution >= 4 is 9.84 Å². The molecule has 0 radical (unpaired) electrons. The van der Waals surface area contributed by atoms with E-state index >= 15 is 0 Å². The predicted octanol–water partition coefficient (Wildman–Crippen LogP) is 1.89. The van der Waals surface area contributed by atoms with E-state index in [0.717, 1.165) is 11.1 Å². The Kier molecular flexibility index (Phi) is 2.83. The third kappa shape index (κ3) is 2.38. The highest BCUT2D eigenvalue weighted by atomic mass is 32.2. The number of sulfone groups is 1. The Hall–Kier alpha value is -0.870. The van der Waals surface area contributed by atoms with Crippen LogP contribution in [0.3, 0.4) is 0 Å². The van der Waals surface area contributed by atoms with Crippen LogP contribution in [0, 0.1) is 0 Å². The molecule has 1 heterocycles. The number of fused-ring (bicyclic) bond motifs is 1. The molecule has 0 aromatic heterocycles. The minimum atomic E-state index is -3.11. The summed E-state index contributed by atoms with van der Waals surface area (Å²) in [4.78, 5) is 0.451. The smallest absolute Gasteiger partial charge is 0.179 e. The third-order valence-electron chi connectivity index (χ3n) is 3.08. The Morgan fingerprint density at radius 1 is 1.41 bits per heavy atom. The van der Waals surface area contributed by atoms with E-state index in [1.54, 1.807) is 26.0 Å². The number of rotatable bonds is 2. The van der Waals surface area contributed by atoms with Gasteiger partial charge in [-0.1, -0.05) is 19.1 Å². The fraction of sp³-hybridized carbons (Fsp3) is 0.538. The molecule has 1 aliphatic heterocycles. The summed E-state index contributed by atoms with van der Waals surface area (Å²) in [5.41, 5.74) is 1.03. The quantitative estimate of drug-likeness (QED) is 0.877. The van der Waals surface area contributed by atoms with Crippen molar-refractivity contribution < 1.29 is 13.5 Å². The Labute approximate surface area is 102 Å². The van der Waals surface area contributed by atoms with Gasteiger partial charge in [-0.05, 0) is 37.0 Å². The second kappa shape index (κ2) is 3.82. The van der Waals surface area contributed by atoms with E-state index in [1.165, 1.54) is 0 Å². The fourth-order valence-electron chi connectivity index (χ4n) is 2.54. The van der Waals surface area contributed by atoms with Gasteiger partial charge in [0.25, 0.3) is 0 Å². The van der Waals surface area contributed by atoms with E-state index in [0.29, 0.717) is 11.3 Å². The summed E-state index contributed by atoms with van der Waals surface area (Å²) in [7, 11) is -3.11. The van der Waals surface area contributed by atoms with Crippen LogP contribution in [0.25, 0.3) is 0 Å². The van der Waals surface area contributed by atoms with Gasteiger partial charge in [0.1, 0.15) is 0 Å². The van der Waals surface area contributed by atoms with Crippen molar-refractivity contribution in [3.05, 3.63) is 29.3 Å². The normalized spacial score (nSPS) is 22.5. The van der Waals surface area contributed by atoms with Crippen LogP contribution in [0.1, 0.15) is 37.8 Å². The lowest BCUT2D eigenvalue weighted by Crippen LogP contribution is -2.22. The van der Waals surface area contributed by atoms with E-state index in [9.17, 15) is 13.5 Å². The summed E-state index contributed by atoms with van der Waals surface area (Å²) in [5.74, 6) is 0.208. The van der Waals surface area contributed by atoms with Gasteiger partial charge in [0.2, 0.25) is 0 Å². The molecule has 1 unspecified atom stereocenters. The standard InChI is InChI=1S/C13H18O3S/c1-9-8-17(15,16)11-6-4-5-10(12(9)11)7-13(2,3)14/h4-6,9,14H,7-8H2,1-3H3. The molecule has 94 valence electrons. The number of benzene rings is 1. The minimum Gasteiger partial charge on any atom is -0.390 e. The van der Waals surface area contributed by atoms with Gasteiger partial charge in [-0.25, -0.2) is 8.42 Å². The van der Waals surface area contributed by atoms with E-state index in [2.05, 4.69) is 0 Å². The lowest BCUT2D eigenvalue weighted by Gasteiger charge is -2.20. The van der Waals surface area contributed by atoms with Crippen LogP contribution in [-0.4, -0.2) is 24.9 Å². The van der Waals surface area contributed by atoms with Crippen LogP contribution in [0.2, 0.25) is 0 Å². The first-order valence-electron chi connectivity index (χ1n) is 5.78. The molecule has 0 aliphatic carbocycles. The summed E-state index contributed by atoms with van der Waals surface area (Å²) in [5, 5.41) is 9.87. The highest BCUT2D eigenvalue weighted by Crippen LogP contribution is 2.37. The average molecular weight is 254 g/mol. The fourth-order valence-corrected chi connectivity index (χ4v) is 4.50. The molecule has 17 heavy (non-hydrogen) atoms. The maximum Gasteiger partial charge on any atom is 0.179 e. The number of hydrogen-bond acceptors (Lipinski definition) is 3. The van der Waals surface area contributed by atoms with Gasteiger partial charge in [-0.15, -0.1) is 0 Å². The molecule has 1 aromatic rings. The van der Waals surface area contributed by atoms with Crippen LogP contribution in [0.15, 0.2) is 23.1 Å². The summed E-state index contributed by atoms with van der Waals surface area (Å²) >= 11 is 0. The SMILES string of the molecule is CC1CS(=O)(=O)c2cccc(CC(C)(C)O)c21. The van der Waals surface area contributed by atoms with Crippen molar-refractivity contribution in [1.82, 2.24) is 0 Å². The van der Waals surface area contributed by atoms with Crippen LogP contribution in [0.4, 0.5) is 0 Å². The molecule has 1 aliphatic rings. The highest BCUT2D eigenvalue weighted by Gasteiger charge is 2.34. The van der Waals surface area contributed by atoms with Gasteiger partial charge >= 0.3 is 0 Å². The molecule has 0 saturated heterocycles. The number of hydrogen-bond donors (Lipinski definition) is 1. The molecule has 0 amide bonds. The van der Waals surface area contributed by atoms with E-state index in [4.69, 9.17) is 0 Å². The molecule has 0 bridgehead atoms. The van der Waals surface area contributed by atoms with Crippen molar-refractivity contribution in [3.8, 4) is 0 Å². The molecule has 0 spiro atoms. The Morgan fingerprint density at radius 3 is 2.65 bits per heavy atom. The van der Waals surface area contributed by atoms with Gasteiger partial charge in [-0.3, -0.25) is 0 Å². The van der Waals surface area contributed by atoms with Gasteiger partial charge in [0, 0.05) is 6.42 Å². The summed E-state index contributed by atoms with van der Waals surface area (Å²) in [6.45, 7) is 5.40. The van der Waals surface area contributed by atoms with Crippen LogP contribution < -0.4 is 0 Å². The zero-order valence-electron chi connectivity index (χ0n) is 10.4. The molecule has 1 N–H and O–H groups in total. The highest BCUT2D eigenvalue weighted by molar-refractivity contribution is 7.91. The van der Waals surface area contributed by atoms with Gasteiger partial charge < -0.3 is 5.11 Å². The second-order valence-electron chi connectivity index (χ2n) is 5.50. The first kappa shape index (κ1) is 12.6.